The van der Waals surface area contributed by atoms with Gasteiger partial charge in [0.2, 0.25) is 0 Å². The van der Waals surface area contributed by atoms with E-state index in [1.54, 1.807) is 0 Å². The fraction of sp³-hybridized carbons (Fsp3) is 0.958. The molecule has 8 N–H and O–H groups in total. The number of rotatable bonds is 4. The van der Waals surface area contributed by atoms with Gasteiger partial charge >= 0.3 is 35.5 Å². The maximum absolute atomic E-state index is 11.5. The minimum absolute atomic E-state index is 0. The van der Waals surface area contributed by atoms with E-state index in [0.717, 1.165) is 44.9 Å². The van der Waals surface area contributed by atoms with Crippen LogP contribution in [0.25, 0.3) is 0 Å². The van der Waals surface area contributed by atoms with E-state index in [1.807, 2.05) is 0 Å². The molecule has 0 heterocycles. The second-order valence-electron chi connectivity index (χ2n) is 11.4. The van der Waals surface area contributed by atoms with Gasteiger partial charge in [0.1, 0.15) is 0 Å². The molecule has 11 atom stereocenters. The summed E-state index contributed by atoms with van der Waals surface area (Å²) >= 11 is 0. The van der Waals surface area contributed by atoms with Gasteiger partial charge in [-0.2, -0.15) is 0 Å². The van der Waals surface area contributed by atoms with E-state index >= 15 is 0 Å². The molecule has 8 heteroatoms. The number of aliphatic carboxylic acids is 1. The second kappa shape index (κ2) is 10.9. The van der Waals surface area contributed by atoms with E-state index in [9.17, 15) is 20.1 Å². The van der Waals surface area contributed by atoms with Gasteiger partial charge in [-0.25, -0.2) is 0 Å². The van der Waals surface area contributed by atoms with Crippen LogP contribution in [0.3, 0.4) is 0 Å². The minimum atomic E-state index is -0.748. The number of hydrogen-bond acceptors (Lipinski definition) is 4. The summed E-state index contributed by atoms with van der Waals surface area (Å²) in [6.07, 6.45) is 6.00. The van der Waals surface area contributed by atoms with Crippen LogP contribution in [0, 0.1) is 46.3 Å². The van der Waals surface area contributed by atoms with Crippen molar-refractivity contribution < 1.29 is 36.2 Å². The molecule has 0 saturated heterocycles. The first-order chi connectivity index (χ1) is 13.6. The van der Waals surface area contributed by atoms with E-state index in [4.69, 9.17) is 5.11 Å². The average Bonchev–Trinajstić information content (AvgIpc) is 3.01. The normalized spacial score (nSPS) is 47.9. The maximum atomic E-state index is 11.5. The molecule has 0 bridgehead atoms. The van der Waals surface area contributed by atoms with Crippen LogP contribution in [0.1, 0.15) is 78.6 Å². The summed E-state index contributed by atoms with van der Waals surface area (Å²) in [5, 5.41) is 42.0. The average molecular weight is 469 g/mol. The zero-order valence-corrected chi connectivity index (χ0v) is 19.3. The van der Waals surface area contributed by atoms with E-state index < -0.39 is 12.1 Å². The van der Waals surface area contributed by atoms with Crippen LogP contribution in [0.4, 0.5) is 0 Å². The van der Waals surface area contributed by atoms with Gasteiger partial charge in [-0.15, -0.1) is 0 Å². The molecular formula is C24H45NaO7. The molecule has 0 unspecified atom stereocenters. The number of aliphatic hydroxyl groups is 3. The Morgan fingerprint density at radius 3 is 2.28 bits per heavy atom. The summed E-state index contributed by atoms with van der Waals surface area (Å²) in [6.45, 7) is 6.72. The van der Waals surface area contributed by atoms with Crippen LogP contribution in [-0.2, 0) is 4.79 Å². The van der Waals surface area contributed by atoms with Crippen molar-refractivity contribution in [1.82, 2.24) is 0 Å². The Labute approximate surface area is 214 Å². The summed E-state index contributed by atoms with van der Waals surface area (Å²) in [6, 6.07) is 0. The van der Waals surface area contributed by atoms with Crippen LogP contribution in [0.2, 0.25) is 0 Å². The van der Waals surface area contributed by atoms with Crippen molar-refractivity contribution in [2.24, 2.45) is 46.3 Å². The molecule has 0 amide bonds. The van der Waals surface area contributed by atoms with Crippen LogP contribution in [0.5, 0.6) is 0 Å². The molecule has 0 aromatic carbocycles. The van der Waals surface area contributed by atoms with Crippen molar-refractivity contribution in [2.75, 3.05) is 0 Å². The van der Waals surface area contributed by atoms with Gasteiger partial charge in [0.25, 0.3) is 0 Å². The number of fused-ring (bicyclic) bond motifs is 5. The van der Waals surface area contributed by atoms with Crippen LogP contribution < -0.4 is 0 Å². The van der Waals surface area contributed by atoms with Gasteiger partial charge in [0.15, 0.2) is 0 Å². The van der Waals surface area contributed by atoms with Gasteiger partial charge in [-0.05, 0) is 97.7 Å². The summed E-state index contributed by atoms with van der Waals surface area (Å²) in [7, 11) is 0. The predicted molar refractivity (Wildman–Crippen MR) is 124 cm³/mol. The van der Waals surface area contributed by atoms with E-state index in [-0.39, 0.29) is 81.8 Å². The van der Waals surface area contributed by atoms with Crippen molar-refractivity contribution in [3.05, 3.63) is 0 Å². The molecule has 0 spiro atoms. The molecule has 0 aromatic rings. The predicted octanol–water partition coefficient (Wildman–Crippen LogP) is 1.15. The molecule has 4 rings (SSSR count). The quantitative estimate of drug-likeness (QED) is 0.454. The fourth-order valence-corrected chi connectivity index (χ4v) is 8.68. The first-order valence-electron chi connectivity index (χ1n) is 11.8. The Balaban J connectivity index is 0.00000171. The number of aliphatic hydroxyl groups excluding tert-OH is 3. The van der Waals surface area contributed by atoms with Crippen molar-refractivity contribution in [2.45, 2.75) is 96.9 Å². The second-order valence-corrected chi connectivity index (χ2v) is 11.4. The summed E-state index contributed by atoms with van der Waals surface area (Å²) in [4.78, 5) is 11.1. The Morgan fingerprint density at radius 2 is 1.66 bits per heavy atom. The van der Waals surface area contributed by atoms with Crippen LogP contribution in [0.15, 0.2) is 0 Å². The van der Waals surface area contributed by atoms with Gasteiger partial charge in [0, 0.05) is 6.42 Å². The van der Waals surface area contributed by atoms with Crippen molar-refractivity contribution >= 4 is 35.5 Å². The Kier molecular flexibility index (Phi) is 10.3. The van der Waals surface area contributed by atoms with Gasteiger partial charge in [-0.3, -0.25) is 4.79 Å². The van der Waals surface area contributed by atoms with E-state index in [2.05, 4.69) is 20.8 Å². The molecule has 4 aliphatic rings. The summed E-state index contributed by atoms with van der Waals surface area (Å²) < 4.78 is 0. The summed E-state index contributed by atoms with van der Waals surface area (Å²) in [5.74, 6) is 0.997. The number of carboxylic acid groups (broad SMARTS) is 1. The van der Waals surface area contributed by atoms with Crippen LogP contribution >= 0.6 is 0 Å². The third-order valence-corrected chi connectivity index (χ3v) is 10.3. The third-order valence-electron chi connectivity index (χ3n) is 10.3. The summed E-state index contributed by atoms with van der Waals surface area (Å²) in [5.41, 5.74) is -0.143. The fourth-order valence-electron chi connectivity index (χ4n) is 8.68. The van der Waals surface area contributed by atoms with Crippen LogP contribution in [-0.4, -0.2) is 85.2 Å². The zero-order chi connectivity index (χ0) is 21.1. The Hall–Kier alpha value is 0.270. The molecular weight excluding hydrogens is 423 g/mol. The van der Waals surface area contributed by atoms with Gasteiger partial charge in [-0.1, -0.05) is 20.8 Å². The number of carboxylic acids is 1. The first kappa shape index (κ1) is 30.3. The molecule has 4 aliphatic carbocycles. The molecule has 0 aliphatic heterocycles. The SMILES string of the molecule is C[C@H](CCC(=O)O)[C@H]1CC[C@H]2[C@@H]3[C@H](O)C[C@@H]4C[C@H](O)CC[C@]4(C)[C@H]3C[C@H](O)[C@]12C.O.O.[NaH]. The number of carbonyl (C=O) groups is 1. The molecule has 184 valence electrons. The zero-order valence-electron chi connectivity index (χ0n) is 19.3. The van der Waals surface area contributed by atoms with Crippen molar-refractivity contribution in [3.8, 4) is 0 Å². The standard InChI is InChI=1S/C24H40O5.Na.2H2O.H/c1-13(4-7-21(28)29)16-5-6-17-22-18(12-20(27)24(16,17)3)23(2)9-8-15(25)10-14(23)11-19(22)26;;;;/h13-20,22,25-27H,4-12H2,1-3H3,(H,28,29);;2*1H2;/t13-,14+,15-,16-,17+,18+,19-,20+,22+,23+,24-;;;;/m1..../s1. The Morgan fingerprint density at radius 1 is 1.00 bits per heavy atom. The van der Waals surface area contributed by atoms with Gasteiger partial charge < -0.3 is 31.4 Å². The van der Waals surface area contributed by atoms with E-state index in [0.29, 0.717) is 30.1 Å². The first-order valence-corrected chi connectivity index (χ1v) is 11.8. The molecule has 4 saturated carbocycles. The Bertz CT molecular complexity index is 648. The van der Waals surface area contributed by atoms with Gasteiger partial charge in [0.05, 0.1) is 18.3 Å². The van der Waals surface area contributed by atoms with Crippen molar-refractivity contribution in [1.29, 1.82) is 0 Å². The molecule has 7 nitrogen and oxygen atoms in total. The topological polar surface area (TPSA) is 161 Å². The van der Waals surface area contributed by atoms with E-state index in [1.165, 1.54) is 0 Å². The molecule has 0 radical (unpaired) electrons. The third kappa shape index (κ3) is 4.70. The molecule has 4 fully saturated rings. The number of hydrogen-bond donors (Lipinski definition) is 4. The molecule has 32 heavy (non-hydrogen) atoms. The molecule has 0 aromatic heterocycles. The van der Waals surface area contributed by atoms with Crippen molar-refractivity contribution in [3.63, 3.8) is 0 Å². The monoisotopic (exact) mass is 468 g/mol.